The second-order valence-corrected chi connectivity index (χ2v) is 5.57. The number of hydrogen-bond acceptors (Lipinski definition) is 3. The molecule has 0 saturated carbocycles. The molecule has 4 nitrogen and oxygen atoms in total. The molecule has 1 aromatic carbocycles. The Morgan fingerprint density at radius 3 is 2.67 bits per heavy atom. The normalized spacial score (nSPS) is 21.8. The molecule has 1 aliphatic rings. The van der Waals surface area contributed by atoms with Crippen molar-refractivity contribution in [2.24, 2.45) is 7.05 Å². The van der Waals surface area contributed by atoms with Gasteiger partial charge in [-0.25, -0.2) is 0 Å². The Labute approximate surface area is 135 Å². The van der Waals surface area contributed by atoms with Gasteiger partial charge in [0.1, 0.15) is 6.10 Å². The van der Waals surface area contributed by atoms with Crippen molar-refractivity contribution in [1.82, 2.24) is 15.1 Å². The molecule has 6 heteroatoms. The number of nitrogens with zero attached hydrogens (tertiary/aromatic N) is 2. The molecule has 0 aliphatic carbocycles. The largest absolute Gasteiger partial charge is 0.369 e. The third kappa shape index (κ3) is 3.98. The molecule has 114 valence electrons. The SMILES string of the molecule is Cl.Cn1nccc1[C@H]1CN[C@@H](Cc2ccc(Cl)cc2)CO1. The minimum absolute atomic E-state index is 0. The number of aromatic nitrogens is 2. The van der Waals surface area contributed by atoms with Crippen LogP contribution in [0.4, 0.5) is 0 Å². The molecule has 1 saturated heterocycles. The first-order chi connectivity index (χ1) is 9.72. The second kappa shape index (κ2) is 7.27. The third-order valence-electron chi connectivity index (χ3n) is 3.67. The van der Waals surface area contributed by atoms with Crippen LogP contribution in [0.2, 0.25) is 5.02 Å². The Morgan fingerprint density at radius 1 is 1.33 bits per heavy atom. The summed E-state index contributed by atoms with van der Waals surface area (Å²) in [5.74, 6) is 0. The molecular weight excluding hydrogens is 309 g/mol. The van der Waals surface area contributed by atoms with Crippen molar-refractivity contribution in [3.05, 3.63) is 52.8 Å². The maximum atomic E-state index is 5.96. The summed E-state index contributed by atoms with van der Waals surface area (Å²) in [6.07, 6.45) is 2.84. The molecule has 1 aromatic heterocycles. The van der Waals surface area contributed by atoms with Crippen molar-refractivity contribution in [2.45, 2.75) is 18.6 Å². The van der Waals surface area contributed by atoms with E-state index in [2.05, 4.69) is 22.5 Å². The highest BCUT2D eigenvalue weighted by molar-refractivity contribution is 6.30. The second-order valence-electron chi connectivity index (χ2n) is 5.14. The summed E-state index contributed by atoms with van der Waals surface area (Å²) in [5.41, 5.74) is 2.39. The molecule has 1 aliphatic heterocycles. The lowest BCUT2D eigenvalue weighted by Crippen LogP contribution is -2.44. The van der Waals surface area contributed by atoms with E-state index in [1.54, 1.807) is 6.20 Å². The van der Waals surface area contributed by atoms with Crippen molar-refractivity contribution in [3.63, 3.8) is 0 Å². The molecule has 0 radical (unpaired) electrons. The van der Waals surface area contributed by atoms with Crippen molar-refractivity contribution < 1.29 is 4.74 Å². The van der Waals surface area contributed by atoms with Gasteiger partial charge >= 0.3 is 0 Å². The van der Waals surface area contributed by atoms with E-state index < -0.39 is 0 Å². The van der Waals surface area contributed by atoms with E-state index >= 15 is 0 Å². The van der Waals surface area contributed by atoms with Crippen LogP contribution in [0.25, 0.3) is 0 Å². The number of morpholine rings is 1. The fourth-order valence-corrected chi connectivity index (χ4v) is 2.68. The molecule has 0 spiro atoms. The van der Waals surface area contributed by atoms with Crippen LogP contribution < -0.4 is 5.32 Å². The summed E-state index contributed by atoms with van der Waals surface area (Å²) in [6, 6.07) is 10.3. The number of benzene rings is 1. The van der Waals surface area contributed by atoms with E-state index in [4.69, 9.17) is 16.3 Å². The number of rotatable bonds is 3. The molecule has 1 fully saturated rings. The summed E-state index contributed by atoms with van der Waals surface area (Å²) in [7, 11) is 1.94. The highest BCUT2D eigenvalue weighted by Crippen LogP contribution is 2.20. The Bertz CT molecular complexity index is 563. The predicted molar refractivity (Wildman–Crippen MR) is 86.1 cm³/mol. The lowest BCUT2D eigenvalue weighted by Gasteiger charge is -2.30. The monoisotopic (exact) mass is 327 g/mol. The summed E-state index contributed by atoms with van der Waals surface area (Å²) < 4.78 is 7.83. The molecule has 0 bridgehead atoms. The van der Waals surface area contributed by atoms with Gasteiger partial charge in [-0.1, -0.05) is 23.7 Å². The van der Waals surface area contributed by atoms with Crippen LogP contribution in [0.3, 0.4) is 0 Å². The molecule has 3 rings (SSSR count). The molecular formula is C15H19Cl2N3O. The van der Waals surface area contributed by atoms with Gasteiger partial charge in [0.05, 0.1) is 12.3 Å². The fraction of sp³-hybridized carbons (Fsp3) is 0.400. The van der Waals surface area contributed by atoms with Crippen molar-refractivity contribution >= 4 is 24.0 Å². The smallest absolute Gasteiger partial charge is 0.112 e. The summed E-state index contributed by atoms with van der Waals surface area (Å²) in [5, 5.41) is 8.51. The average Bonchev–Trinajstić information content (AvgIpc) is 2.89. The Hall–Kier alpha value is -1.07. The molecule has 2 atom stereocenters. The van der Waals surface area contributed by atoms with Crippen LogP contribution in [0.1, 0.15) is 17.4 Å². The van der Waals surface area contributed by atoms with Crippen LogP contribution in [-0.2, 0) is 18.2 Å². The zero-order chi connectivity index (χ0) is 13.9. The van der Waals surface area contributed by atoms with Crippen molar-refractivity contribution in [2.75, 3.05) is 13.2 Å². The van der Waals surface area contributed by atoms with E-state index in [9.17, 15) is 0 Å². The zero-order valence-electron chi connectivity index (χ0n) is 11.8. The molecule has 21 heavy (non-hydrogen) atoms. The maximum absolute atomic E-state index is 5.96. The van der Waals surface area contributed by atoms with Crippen LogP contribution in [0, 0.1) is 0 Å². The highest BCUT2D eigenvalue weighted by Gasteiger charge is 2.24. The molecule has 1 N–H and O–H groups in total. The van der Waals surface area contributed by atoms with Crippen LogP contribution in [0.15, 0.2) is 36.5 Å². The summed E-state index contributed by atoms with van der Waals surface area (Å²) in [4.78, 5) is 0. The van der Waals surface area contributed by atoms with E-state index in [0.717, 1.165) is 23.7 Å². The van der Waals surface area contributed by atoms with Gasteiger partial charge < -0.3 is 10.1 Å². The van der Waals surface area contributed by atoms with Gasteiger partial charge in [0, 0.05) is 30.9 Å². The Kier molecular flexibility index (Phi) is 5.65. The van der Waals surface area contributed by atoms with Gasteiger partial charge in [-0.3, -0.25) is 4.68 Å². The number of halogens is 2. The van der Waals surface area contributed by atoms with E-state index in [1.807, 2.05) is 29.9 Å². The van der Waals surface area contributed by atoms with Crippen LogP contribution in [0.5, 0.6) is 0 Å². The first-order valence-corrected chi connectivity index (χ1v) is 7.17. The number of hydrogen-bond donors (Lipinski definition) is 1. The van der Waals surface area contributed by atoms with E-state index in [-0.39, 0.29) is 18.5 Å². The van der Waals surface area contributed by atoms with Crippen LogP contribution in [-0.4, -0.2) is 29.0 Å². The number of nitrogens with one attached hydrogen (secondary N) is 1. The van der Waals surface area contributed by atoms with E-state index in [0.29, 0.717) is 12.6 Å². The topological polar surface area (TPSA) is 39.1 Å². The summed E-state index contributed by atoms with van der Waals surface area (Å²) >= 11 is 5.90. The van der Waals surface area contributed by atoms with E-state index in [1.165, 1.54) is 5.56 Å². The zero-order valence-corrected chi connectivity index (χ0v) is 13.4. The standard InChI is InChI=1S/C15H18ClN3O.ClH/c1-19-14(6-7-18-19)15-9-17-13(10-20-15)8-11-2-4-12(16)5-3-11;/h2-7,13,15,17H,8-10H2,1H3;1H/t13-,15+;/m0./s1. The molecule has 2 heterocycles. The lowest BCUT2D eigenvalue weighted by molar-refractivity contribution is -0.00129. The molecule has 0 amide bonds. The maximum Gasteiger partial charge on any atom is 0.112 e. The quantitative estimate of drug-likeness (QED) is 0.942. The van der Waals surface area contributed by atoms with Gasteiger partial charge in [0.25, 0.3) is 0 Å². The average molecular weight is 328 g/mol. The van der Waals surface area contributed by atoms with Gasteiger partial charge in [-0.15, -0.1) is 12.4 Å². The highest BCUT2D eigenvalue weighted by atomic mass is 35.5. The Balaban J connectivity index is 0.00000161. The van der Waals surface area contributed by atoms with Crippen molar-refractivity contribution in [3.8, 4) is 0 Å². The van der Waals surface area contributed by atoms with Gasteiger partial charge in [0.2, 0.25) is 0 Å². The predicted octanol–water partition coefficient (Wildman–Crippen LogP) is 2.77. The van der Waals surface area contributed by atoms with Gasteiger partial charge in [-0.05, 0) is 30.2 Å². The minimum Gasteiger partial charge on any atom is -0.369 e. The molecule has 0 unspecified atom stereocenters. The number of aryl methyl sites for hydroxylation is 1. The third-order valence-corrected chi connectivity index (χ3v) is 3.93. The van der Waals surface area contributed by atoms with Gasteiger partial charge in [0.15, 0.2) is 0 Å². The van der Waals surface area contributed by atoms with Gasteiger partial charge in [-0.2, -0.15) is 5.10 Å². The first kappa shape index (κ1) is 16.3. The van der Waals surface area contributed by atoms with Crippen LogP contribution >= 0.6 is 24.0 Å². The lowest BCUT2D eigenvalue weighted by atomic mass is 10.0. The Morgan fingerprint density at radius 2 is 2.10 bits per heavy atom. The molecule has 2 aromatic rings. The fourth-order valence-electron chi connectivity index (χ4n) is 2.55. The first-order valence-electron chi connectivity index (χ1n) is 6.79. The van der Waals surface area contributed by atoms with Crippen molar-refractivity contribution in [1.29, 1.82) is 0 Å². The minimum atomic E-state index is 0. The number of ether oxygens (including phenoxy) is 1. The summed E-state index contributed by atoms with van der Waals surface area (Å²) in [6.45, 7) is 1.52.